The van der Waals surface area contributed by atoms with Crippen LogP contribution in [-0.2, 0) is 12.8 Å². The van der Waals surface area contributed by atoms with E-state index in [0.29, 0.717) is 16.7 Å². The quantitative estimate of drug-likeness (QED) is 0.683. The standard InChI is InChI=1S/C18H14O3/c1-20-12-7-8-14-16(10-12)21-15-9-6-11-4-2-3-5-13(11)17(15)18(14)19/h2-5,7-8,10H,6,9H2,1H3. The van der Waals surface area contributed by atoms with Crippen LogP contribution in [0.3, 0.4) is 0 Å². The molecule has 0 fully saturated rings. The van der Waals surface area contributed by atoms with Crippen molar-refractivity contribution in [1.29, 1.82) is 0 Å². The first-order valence-electron chi connectivity index (χ1n) is 7.00. The molecular weight excluding hydrogens is 264 g/mol. The van der Waals surface area contributed by atoms with Gasteiger partial charge in [-0.1, -0.05) is 24.3 Å². The fourth-order valence-corrected chi connectivity index (χ4v) is 3.03. The van der Waals surface area contributed by atoms with E-state index in [4.69, 9.17) is 9.15 Å². The molecule has 0 spiro atoms. The van der Waals surface area contributed by atoms with E-state index in [-0.39, 0.29) is 5.43 Å². The van der Waals surface area contributed by atoms with Crippen molar-refractivity contribution in [2.45, 2.75) is 12.8 Å². The molecule has 0 N–H and O–H groups in total. The molecule has 0 saturated carbocycles. The molecule has 21 heavy (non-hydrogen) atoms. The average Bonchev–Trinajstić information content (AvgIpc) is 2.54. The first-order valence-corrected chi connectivity index (χ1v) is 7.00. The SMILES string of the molecule is COc1ccc2c(=O)c3c(oc2c1)CCc1ccccc1-3. The molecule has 0 saturated heterocycles. The van der Waals surface area contributed by atoms with Crippen LogP contribution in [0.5, 0.6) is 5.75 Å². The van der Waals surface area contributed by atoms with Crippen molar-refractivity contribution < 1.29 is 9.15 Å². The predicted octanol–water partition coefficient (Wildman–Crippen LogP) is 3.57. The monoisotopic (exact) mass is 278 g/mol. The zero-order valence-corrected chi connectivity index (χ0v) is 11.7. The van der Waals surface area contributed by atoms with Gasteiger partial charge in [-0.2, -0.15) is 0 Å². The van der Waals surface area contributed by atoms with Crippen molar-refractivity contribution in [2.24, 2.45) is 0 Å². The highest BCUT2D eigenvalue weighted by Crippen LogP contribution is 2.33. The van der Waals surface area contributed by atoms with Gasteiger partial charge in [0, 0.05) is 12.5 Å². The smallest absolute Gasteiger partial charge is 0.200 e. The van der Waals surface area contributed by atoms with Crippen molar-refractivity contribution in [3.63, 3.8) is 0 Å². The van der Waals surface area contributed by atoms with E-state index in [1.165, 1.54) is 5.56 Å². The molecular formula is C18H14O3. The summed E-state index contributed by atoms with van der Waals surface area (Å²) in [7, 11) is 1.61. The first-order chi connectivity index (χ1) is 10.3. The van der Waals surface area contributed by atoms with Crippen molar-refractivity contribution in [1.82, 2.24) is 0 Å². The van der Waals surface area contributed by atoms with Crippen LogP contribution in [0, 0.1) is 0 Å². The molecule has 4 rings (SSSR count). The molecule has 1 heterocycles. The van der Waals surface area contributed by atoms with Gasteiger partial charge < -0.3 is 9.15 Å². The molecule has 0 bridgehead atoms. The van der Waals surface area contributed by atoms with Crippen LogP contribution >= 0.6 is 0 Å². The van der Waals surface area contributed by atoms with Gasteiger partial charge in [-0.3, -0.25) is 4.79 Å². The number of hydrogen-bond acceptors (Lipinski definition) is 3. The number of aryl methyl sites for hydroxylation is 2. The third-order valence-electron chi connectivity index (χ3n) is 4.08. The highest BCUT2D eigenvalue weighted by molar-refractivity contribution is 5.85. The second kappa shape index (κ2) is 4.48. The molecule has 1 aliphatic carbocycles. The van der Waals surface area contributed by atoms with Crippen LogP contribution in [0.4, 0.5) is 0 Å². The molecule has 1 aliphatic rings. The zero-order chi connectivity index (χ0) is 14.4. The summed E-state index contributed by atoms with van der Waals surface area (Å²) < 4.78 is 11.2. The minimum absolute atomic E-state index is 0.0426. The van der Waals surface area contributed by atoms with Crippen LogP contribution in [0.2, 0.25) is 0 Å². The van der Waals surface area contributed by atoms with E-state index < -0.39 is 0 Å². The summed E-state index contributed by atoms with van der Waals surface area (Å²) >= 11 is 0. The number of hydrogen-bond donors (Lipinski definition) is 0. The second-order valence-electron chi connectivity index (χ2n) is 5.25. The lowest BCUT2D eigenvalue weighted by Gasteiger charge is -2.18. The summed E-state index contributed by atoms with van der Waals surface area (Å²) in [6, 6.07) is 13.4. The maximum atomic E-state index is 12.8. The largest absolute Gasteiger partial charge is 0.497 e. The fourth-order valence-electron chi connectivity index (χ4n) is 3.03. The van der Waals surface area contributed by atoms with Crippen molar-refractivity contribution >= 4 is 11.0 Å². The molecule has 3 aromatic rings. The third-order valence-corrected chi connectivity index (χ3v) is 4.08. The Morgan fingerprint density at radius 3 is 2.81 bits per heavy atom. The van der Waals surface area contributed by atoms with Gasteiger partial charge in [0.05, 0.1) is 18.1 Å². The summed E-state index contributed by atoms with van der Waals surface area (Å²) in [5.41, 5.74) is 3.57. The third kappa shape index (κ3) is 1.77. The second-order valence-corrected chi connectivity index (χ2v) is 5.25. The molecule has 0 atom stereocenters. The lowest BCUT2D eigenvalue weighted by Crippen LogP contribution is -2.14. The Morgan fingerprint density at radius 2 is 1.95 bits per heavy atom. The number of methoxy groups -OCH3 is 1. The van der Waals surface area contributed by atoms with Crippen LogP contribution in [0.15, 0.2) is 51.7 Å². The highest BCUT2D eigenvalue weighted by atomic mass is 16.5. The van der Waals surface area contributed by atoms with Crippen LogP contribution < -0.4 is 10.2 Å². The van der Waals surface area contributed by atoms with Crippen LogP contribution in [0.25, 0.3) is 22.1 Å². The Balaban J connectivity index is 2.08. The number of benzene rings is 2. The summed E-state index contributed by atoms with van der Waals surface area (Å²) in [4.78, 5) is 12.8. The summed E-state index contributed by atoms with van der Waals surface area (Å²) in [6.45, 7) is 0. The van der Waals surface area contributed by atoms with Crippen LogP contribution in [-0.4, -0.2) is 7.11 Å². The maximum absolute atomic E-state index is 12.8. The Hall–Kier alpha value is -2.55. The number of ether oxygens (including phenoxy) is 1. The van der Waals surface area contributed by atoms with E-state index in [1.54, 1.807) is 25.3 Å². The first kappa shape index (κ1) is 12.2. The van der Waals surface area contributed by atoms with Gasteiger partial charge >= 0.3 is 0 Å². The molecule has 104 valence electrons. The van der Waals surface area contributed by atoms with Gasteiger partial charge in [-0.05, 0) is 29.7 Å². The highest BCUT2D eigenvalue weighted by Gasteiger charge is 2.22. The maximum Gasteiger partial charge on any atom is 0.200 e. The lowest BCUT2D eigenvalue weighted by atomic mass is 9.88. The topological polar surface area (TPSA) is 39.4 Å². The van der Waals surface area contributed by atoms with E-state index in [1.807, 2.05) is 18.2 Å². The molecule has 1 aromatic heterocycles. The van der Waals surface area contributed by atoms with E-state index in [0.717, 1.165) is 29.7 Å². The van der Waals surface area contributed by atoms with Crippen molar-refractivity contribution in [3.8, 4) is 16.9 Å². The minimum Gasteiger partial charge on any atom is -0.497 e. The van der Waals surface area contributed by atoms with E-state index >= 15 is 0 Å². The molecule has 3 heteroatoms. The molecule has 0 radical (unpaired) electrons. The van der Waals surface area contributed by atoms with Crippen molar-refractivity contribution in [2.75, 3.05) is 7.11 Å². The molecule has 3 nitrogen and oxygen atoms in total. The number of fused-ring (bicyclic) bond motifs is 4. The van der Waals surface area contributed by atoms with Crippen molar-refractivity contribution in [3.05, 3.63) is 64.0 Å². The molecule has 0 unspecified atom stereocenters. The zero-order valence-electron chi connectivity index (χ0n) is 11.7. The Kier molecular flexibility index (Phi) is 2.61. The van der Waals surface area contributed by atoms with Gasteiger partial charge in [0.15, 0.2) is 0 Å². The summed E-state index contributed by atoms with van der Waals surface area (Å²) in [5.74, 6) is 1.47. The molecule has 2 aromatic carbocycles. The summed E-state index contributed by atoms with van der Waals surface area (Å²) in [5, 5.41) is 0.603. The van der Waals surface area contributed by atoms with E-state index in [2.05, 4.69) is 6.07 Å². The Morgan fingerprint density at radius 1 is 1.10 bits per heavy atom. The Bertz CT molecular complexity index is 906. The van der Waals surface area contributed by atoms with Crippen LogP contribution in [0.1, 0.15) is 11.3 Å². The Labute approximate surface area is 121 Å². The normalized spacial score (nSPS) is 12.8. The summed E-state index contributed by atoms with van der Waals surface area (Å²) in [6.07, 6.45) is 1.66. The molecule has 0 aliphatic heterocycles. The number of rotatable bonds is 1. The molecule has 0 amide bonds. The average molecular weight is 278 g/mol. The lowest BCUT2D eigenvalue weighted by molar-refractivity contribution is 0.414. The van der Waals surface area contributed by atoms with Gasteiger partial charge in [0.25, 0.3) is 0 Å². The fraction of sp³-hybridized carbons (Fsp3) is 0.167. The minimum atomic E-state index is 0.0426. The van der Waals surface area contributed by atoms with Gasteiger partial charge in [0.2, 0.25) is 5.43 Å². The van der Waals surface area contributed by atoms with Gasteiger partial charge in [0.1, 0.15) is 17.1 Å². The van der Waals surface area contributed by atoms with Gasteiger partial charge in [-0.15, -0.1) is 0 Å². The van der Waals surface area contributed by atoms with E-state index in [9.17, 15) is 4.79 Å². The predicted molar refractivity (Wildman–Crippen MR) is 81.9 cm³/mol. The van der Waals surface area contributed by atoms with Gasteiger partial charge in [-0.25, -0.2) is 0 Å².